The van der Waals surface area contributed by atoms with E-state index in [9.17, 15) is 14.7 Å². The van der Waals surface area contributed by atoms with E-state index in [2.05, 4.69) is 9.97 Å². The molecule has 4 heterocycles. The number of phenolic OH excluding ortho intramolecular Hbond substituents is 1. The maximum atomic E-state index is 14.1. The van der Waals surface area contributed by atoms with E-state index in [-0.39, 0.29) is 18.8 Å². The van der Waals surface area contributed by atoms with Crippen molar-refractivity contribution < 1.29 is 5.11 Å². The molecule has 4 aromatic heterocycles. The van der Waals surface area contributed by atoms with Crippen LogP contribution in [-0.4, -0.2) is 33.8 Å². The van der Waals surface area contributed by atoms with E-state index in [0.717, 1.165) is 16.7 Å². The van der Waals surface area contributed by atoms with Crippen LogP contribution in [-0.2, 0) is 19.6 Å². The van der Waals surface area contributed by atoms with Gasteiger partial charge in [0, 0.05) is 36.9 Å². The van der Waals surface area contributed by atoms with Crippen LogP contribution in [0.15, 0.2) is 113 Å². The SMILES string of the molecule is O=c1c2c(nc(-c3ccc(O)cc3)n2Cc2ccccc2)n(Cc2ccncc2)c(=O)n1Cc1ccncc1. The maximum absolute atomic E-state index is 14.1. The molecule has 6 rings (SSSR count). The molecule has 9 nitrogen and oxygen atoms in total. The summed E-state index contributed by atoms with van der Waals surface area (Å²) in [5.74, 6) is 0.647. The highest BCUT2D eigenvalue weighted by Gasteiger charge is 2.23. The van der Waals surface area contributed by atoms with Crippen LogP contribution < -0.4 is 11.2 Å². The number of aromatic nitrogens is 6. The fraction of sp³-hybridized carbons (Fsp3) is 0.100. The van der Waals surface area contributed by atoms with Gasteiger partial charge in [-0.2, -0.15) is 0 Å². The molecule has 0 unspecified atom stereocenters. The van der Waals surface area contributed by atoms with Crippen molar-refractivity contribution in [3.8, 4) is 17.1 Å². The Bertz CT molecular complexity index is 1860. The molecule has 192 valence electrons. The van der Waals surface area contributed by atoms with Crippen LogP contribution in [0, 0.1) is 0 Å². The average molecular weight is 517 g/mol. The van der Waals surface area contributed by atoms with Crippen LogP contribution in [0.5, 0.6) is 5.75 Å². The van der Waals surface area contributed by atoms with Crippen LogP contribution in [0.1, 0.15) is 16.7 Å². The van der Waals surface area contributed by atoms with Crippen molar-refractivity contribution in [1.29, 1.82) is 0 Å². The van der Waals surface area contributed by atoms with Gasteiger partial charge in [0.2, 0.25) is 0 Å². The number of hydrogen-bond donors (Lipinski definition) is 1. The molecule has 0 radical (unpaired) electrons. The van der Waals surface area contributed by atoms with Crippen molar-refractivity contribution in [2.24, 2.45) is 0 Å². The molecule has 0 aliphatic rings. The Morgan fingerprint density at radius 1 is 0.615 bits per heavy atom. The molecule has 6 aromatic rings. The zero-order chi connectivity index (χ0) is 26.8. The quantitative estimate of drug-likeness (QED) is 0.347. The van der Waals surface area contributed by atoms with Gasteiger partial charge in [0.25, 0.3) is 5.56 Å². The molecule has 0 aliphatic heterocycles. The third-order valence-corrected chi connectivity index (χ3v) is 6.60. The molecule has 0 fully saturated rings. The van der Waals surface area contributed by atoms with Crippen LogP contribution in [0.3, 0.4) is 0 Å². The Labute approximate surface area is 222 Å². The second-order valence-electron chi connectivity index (χ2n) is 9.20. The van der Waals surface area contributed by atoms with E-state index < -0.39 is 11.2 Å². The third-order valence-electron chi connectivity index (χ3n) is 6.60. The minimum atomic E-state index is -0.456. The Morgan fingerprint density at radius 2 is 1.15 bits per heavy atom. The zero-order valence-electron chi connectivity index (χ0n) is 20.9. The first-order valence-corrected chi connectivity index (χ1v) is 12.4. The number of nitrogens with zero attached hydrogens (tertiary/aromatic N) is 6. The molecule has 9 heteroatoms. The third kappa shape index (κ3) is 4.73. The van der Waals surface area contributed by atoms with E-state index in [0.29, 0.717) is 29.1 Å². The summed E-state index contributed by atoms with van der Waals surface area (Å²) in [5, 5.41) is 9.88. The molecule has 0 spiro atoms. The number of phenols is 1. The van der Waals surface area contributed by atoms with Crippen molar-refractivity contribution in [3.63, 3.8) is 0 Å². The first kappa shape index (κ1) is 24.1. The Kier molecular flexibility index (Phi) is 6.30. The second kappa shape index (κ2) is 10.2. The summed E-state index contributed by atoms with van der Waals surface area (Å²) in [6, 6.07) is 23.7. The molecule has 0 aliphatic carbocycles. The number of fused-ring (bicyclic) bond motifs is 1. The largest absolute Gasteiger partial charge is 0.508 e. The van der Waals surface area contributed by atoms with Gasteiger partial charge in [-0.15, -0.1) is 0 Å². The second-order valence-corrected chi connectivity index (χ2v) is 9.20. The Balaban J connectivity index is 1.65. The topological polar surface area (TPSA) is 108 Å². The number of hydrogen-bond acceptors (Lipinski definition) is 6. The summed E-state index contributed by atoms with van der Waals surface area (Å²) in [7, 11) is 0. The van der Waals surface area contributed by atoms with E-state index in [1.54, 1.807) is 65.8 Å². The molecule has 0 bridgehead atoms. The number of rotatable bonds is 7. The monoisotopic (exact) mass is 516 g/mol. The minimum absolute atomic E-state index is 0.0948. The number of imidazole rings is 1. The molecular weight excluding hydrogens is 492 g/mol. The van der Waals surface area contributed by atoms with E-state index in [1.807, 2.05) is 47.0 Å². The van der Waals surface area contributed by atoms with E-state index in [4.69, 9.17) is 4.98 Å². The van der Waals surface area contributed by atoms with Crippen molar-refractivity contribution >= 4 is 11.2 Å². The van der Waals surface area contributed by atoms with Crippen LogP contribution in [0.25, 0.3) is 22.6 Å². The maximum Gasteiger partial charge on any atom is 0.333 e. The highest BCUT2D eigenvalue weighted by atomic mass is 16.3. The summed E-state index contributed by atoms with van der Waals surface area (Å²) in [5.41, 5.74) is 3.07. The highest BCUT2D eigenvalue weighted by Crippen LogP contribution is 2.26. The van der Waals surface area contributed by atoms with Gasteiger partial charge in [0.15, 0.2) is 11.2 Å². The predicted molar refractivity (Wildman–Crippen MR) is 148 cm³/mol. The van der Waals surface area contributed by atoms with Crippen molar-refractivity contribution in [2.75, 3.05) is 0 Å². The first-order valence-electron chi connectivity index (χ1n) is 12.4. The van der Waals surface area contributed by atoms with Crippen LogP contribution in [0.2, 0.25) is 0 Å². The summed E-state index contributed by atoms with van der Waals surface area (Å²) >= 11 is 0. The average Bonchev–Trinajstić information content (AvgIpc) is 3.34. The molecule has 0 saturated carbocycles. The Hall–Kier alpha value is -5.31. The summed E-state index contributed by atoms with van der Waals surface area (Å²) in [6.45, 7) is 0.675. The fourth-order valence-corrected chi connectivity index (χ4v) is 4.66. The van der Waals surface area contributed by atoms with Gasteiger partial charge in [0.05, 0.1) is 13.1 Å². The smallest absolute Gasteiger partial charge is 0.333 e. The van der Waals surface area contributed by atoms with Gasteiger partial charge >= 0.3 is 5.69 Å². The molecule has 39 heavy (non-hydrogen) atoms. The van der Waals surface area contributed by atoms with Gasteiger partial charge in [0.1, 0.15) is 11.6 Å². The summed E-state index contributed by atoms with van der Waals surface area (Å²) in [6.07, 6.45) is 6.61. The normalized spacial score (nSPS) is 11.2. The molecular formula is C30H24N6O3. The summed E-state index contributed by atoms with van der Waals surface area (Å²) in [4.78, 5) is 41.0. The first-order chi connectivity index (χ1) is 19.1. The number of pyridine rings is 2. The van der Waals surface area contributed by atoms with Crippen molar-refractivity contribution in [3.05, 3.63) is 141 Å². The minimum Gasteiger partial charge on any atom is -0.508 e. The zero-order valence-corrected chi connectivity index (χ0v) is 20.9. The molecule has 0 saturated heterocycles. The summed E-state index contributed by atoms with van der Waals surface area (Å²) < 4.78 is 4.65. The standard InChI is InChI=1S/C30H24N6O3/c37-25-8-6-24(7-9-25)27-33-28-26(34(27)18-21-4-2-1-3-5-21)29(38)36(20-23-12-16-32-17-13-23)30(39)35(28)19-22-10-14-31-15-11-22/h1-17,37H,18-20H2. The van der Waals surface area contributed by atoms with Crippen LogP contribution in [0.4, 0.5) is 0 Å². The van der Waals surface area contributed by atoms with E-state index >= 15 is 0 Å². The molecule has 0 amide bonds. The molecule has 2 aromatic carbocycles. The predicted octanol–water partition coefficient (Wildman–Crippen LogP) is 3.67. The lowest BCUT2D eigenvalue weighted by Crippen LogP contribution is -2.41. The number of benzene rings is 2. The van der Waals surface area contributed by atoms with E-state index in [1.165, 1.54) is 4.57 Å². The highest BCUT2D eigenvalue weighted by molar-refractivity contribution is 5.77. The van der Waals surface area contributed by atoms with Gasteiger partial charge in [-0.3, -0.25) is 23.9 Å². The van der Waals surface area contributed by atoms with Crippen LogP contribution >= 0.6 is 0 Å². The fourth-order valence-electron chi connectivity index (χ4n) is 4.66. The van der Waals surface area contributed by atoms with Crippen molar-refractivity contribution in [1.82, 2.24) is 28.7 Å². The molecule has 1 N–H and O–H groups in total. The molecule has 0 atom stereocenters. The number of aromatic hydroxyl groups is 1. The van der Waals surface area contributed by atoms with Gasteiger partial charge in [-0.05, 0) is 65.2 Å². The lowest BCUT2D eigenvalue weighted by molar-refractivity contribution is 0.475. The Morgan fingerprint density at radius 3 is 1.77 bits per heavy atom. The van der Waals surface area contributed by atoms with Gasteiger partial charge in [-0.1, -0.05) is 30.3 Å². The van der Waals surface area contributed by atoms with Gasteiger partial charge in [-0.25, -0.2) is 9.78 Å². The lowest BCUT2D eigenvalue weighted by atomic mass is 10.2. The van der Waals surface area contributed by atoms with Crippen molar-refractivity contribution in [2.45, 2.75) is 19.6 Å². The van der Waals surface area contributed by atoms with Gasteiger partial charge < -0.3 is 9.67 Å². The lowest BCUT2D eigenvalue weighted by Gasteiger charge is -2.13.